The fraction of sp³-hybridized carbons (Fsp3) is 0.350. The van der Waals surface area contributed by atoms with Crippen molar-refractivity contribution >= 4 is 11.7 Å². The monoisotopic (exact) mass is 340 g/mol. The summed E-state index contributed by atoms with van der Waals surface area (Å²) in [6.45, 7) is 1.87. The number of rotatable bonds is 8. The maximum absolute atomic E-state index is 12.1. The van der Waals surface area contributed by atoms with Crippen LogP contribution < -0.4 is 15.4 Å². The van der Waals surface area contributed by atoms with E-state index in [1.165, 1.54) is 12.8 Å². The highest BCUT2D eigenvalue weighted by Crippen LogP contribution is 2.29. The minimum Gasteiger partial charge on any atom is -0.497 e. The second-order valence-electron chi connectivity index (χ2n) is 6.31. The highest BCUT2D eigenvalue weighted by atomic mass is 16.5. The lowest BCUT2D eigenvalue weighted by molar-refractivity contribution is 0.111. The van der Waals surface area contributed by atoms with Gasteiger partial charge < -0.3 is 20.1 Å². The normalized spacial score (nSPS) is 13.3. The second-order valence-corrected chi connectivity index (χ2v) is 6.31. The van der Waals surface area contributed by atoms with E-state index in [2.05, 4.69) is 10.6 Å². The van der Waals surface area contributed by atoms with Crippen LogP contribution >= 0.6 is 0 Å². The predicted molar refractivity (Wildman–Crippen MR) is 97.7 cm³/mol. The van der Waals surface area contributed by atoms with Gasteiger partial charge in [0.2, 0.25) is 0 Å². The van der Waals surface area contributed by atoms with E-state index in [-0.39, 0.29) is 6.03 Å². The van der Waals surface area contributed by atoms with Crippen molar-refractivity contribution in [3.05, 3.63) is 59.7 Å². The quantitative estimate of drug-likeness (QED) is 0.765. The summed E-state index contributed by atoms with van der Waals surface area (Å²) in [5, 5.41) is 5.70. The predicted octanol–water partition coefficient (Wildman–Crippen LogP) is 3.94. The summed E-state index contributed by atoms with van der Waals surface area (Å²) in [7, 11) is 1.63. The van der Waals surface area contributed by atoms with Gasteiger partial charge in [0.05, 0.1) is 13.7 Å². The van der Waals surface area contributed by atoms with Gasteiger partial charge in [0.15, 0.2) is 0 Å². The van der Waals surface area contributed by atoms with Crippen molar-refractivity contribution < 1.29 is 14.3 Å². The molecule has 0 saturated heterocycles. The minimum absolute atomic E-state index is 0.230. The third-order valence-corrected chi connectivity index (χ3v) is 4.12. The van der Waals surface area contributed by atoms with Gasteiger partial charge in [0.25, 0.3) is 0 Å². The van der Waals surface area contributed by atoms with Crippen LogP contribution in [0.1, 0.15) is 24.0 Å². The summed E-state index contributed by atoms with van der Waals surface area (Å²) in [6, 6.07) is 15.1. The average Bonchev–Trinajstić information content (AvgIpc) is 3.45. The molecule has 0 atom stereocenters. The number of hydrogen-bond donors (Lipinski definition) is 2. The van der Waals surface area contributed by atoms with Crippen LogP contribution in [0, 0.1) is 5.92 Å². The summed E-state index contributed by atoms with van der Waals surface area (Å²) in [6.07, 6.45) is 2.58. The Kier molecular flexibility index (Phi) is 5.90. The van der Waals surface area contributed by atoms with Crippen LogP contribution in [-0.4, -0.2) is 19.7 Å². The molecule has 25 heavy (non-hydrogen) atoms. The number of nitrogens with one attached hydrogen (secondary N) is 2. The van der Waals surface area contributed by atoms with Gasteiger partial charge in [-0.1, -0.05) is 24.3 Å². The molecule has 3 rings (SSSR count). The first-order valence-corrected chi connectivity index (χ1v) is 8.57. The van der Waals surface area contributed by atoms with Gasteiger partial charge in [0, 0.05) is 18.8 Å². The molecule has 1 aliphatic carbocycles. The largest absolute Gasteiger partial charge is 0.497 e. The molecule has 2 N–H and O–H groups in total. The van der Waals surface area contributed by atoms with E-state index in [0.717, 1.165) is 35.1 Å². The third kappa shape index (κ3) is 5.80. The Morgan fingerprint density at radius 1 is 1.12 bits per heavy atom. The molecule has 1 saturated carbocycles. The first-order valence-electron chi connectivity index (χ1n) is 8.57. The summed E-state index contributed by atoms with van der Waals surface area (Å²) in [4.78, 5) is 12.1. The highest BCUT2D eigenvalue weighted by molar-refractivity contribution is 5.89. The van der Waals surface area contributed by atoms with Crippen LogP contribution in [-0.2, 0) is 17.9 Å². The van der Waals surface area contributed by atoms with E-state index in [4.69, 9.17) is 9.47 Å². The molecule has 0 spiro atoms. The van der Waals surface area contributed by atoms with Crippen molar-refractivity contribution in [2.45, 2.75) is 26.0 Å². The molecular weight excluding hydrogens is 316 g/mol. The van der Waals surface area contributed by atoms with Gasteiger partial charge in [-0.25, -0.2) is 4.79 Å². The van der Waals surface area contributed by atoms with Crippen LogP contribution in [0.15, 0.2) is 48.5 Å². The Hall–Kier alpha value is -2.53. The Balaban J connectivity index is 1.44. The molecule has 5 heteroatoms. The Morgan fingerprint density at radius 3 is 2.64 bits per heavy atom. The van der Waals surface area contributed by atoms with Crippen LogP contribution in [0.4, 0.5) is 10.5 Å². The van der Waals surface area contributed by atoms with Crippen molar-refractivity contribution in [1.82, 2.24) is 5.32 Å². The number of benzene rings is 2. The van der Waals surface area contributed by atoms with E-state index in [1.807, 2.05) is 48.5 Å². The standard InChI is InChI=1S/C20H24N2O3/c1-24-19-9-7-15(8-10-19)12-21-20(23)22-18-4-2-3-17(11-18)14-25-13-16-5-6-16/h2-4,7-11,16H,5-6,12-14H2,1H3,(H2,21,22,23). The maximum Gasteiger partial charge on any atom is 0.319 e. The lowest BCUT2D eigenvalue weighted by atomic mass is 10.2. The van der Waals surface area contributed by atoms with E-state index < -0.39 is 0 Å². The van der Waals surface area contributed by atoms with Gasteiger partial charge in [0.1, 0.15) is 5.75 Å². The first kappa shape index (κ1) is 17.3. The summed E-state index contributed by atoms with van der Waals surface area (Å²) >= 11 is 0. The van der Waals surface area contributed by atoms with E-state index in [1.54, 1.807) is 7.11 Å². The molecule has 0 radical (unpaired) electrons. The molecule has 1 fully saturated rings. The number of methoxy groups -OCH3 is 1. The SMILES string of the molecule is COc1ccc(CNC(=O)Nc2cccc(COCC3CC3)c2)cc1. The maximum atomic E-state index is 12.1. The van der Waals surface area contributed by atoms with Crippen LogP contribution in [0.5, 0.6) is 5.75 Å². The minimum atomic E-state index is -0.230. The second kappa shape index (κ2) is 8.53. The van der Waals surface area contributed by atoms with E-state index in [0.29, 0.717) is 13.2 Å². The van der Waals surface area contributed by atoms with Crippen molar-refractivity contribution in [2.24, 2.45) is 5.92 Å². The van der Waals surface area contributed by atoms with Crippen LogP contribution in [0.3, 0.4) is 0 Å². The highest BCUT2D eigenvalue weighted by Gasteiger charge is 2.21. The smallest absolute Gasteiger partial charge is 0.319 e. The van der Waals surface area contributed by atoms with Gasteiger partial charge in [-0.15, -0.1) is 0 Å². The average molecular weight is 340 g/mol. The van der Waals surface area contributed by atoms with Crippen molar-refractivity contribution in [3.8, 4) is 5.75 Å². The molecule has 0 unspecified atom stereocenters. The third-order valence-electron chi connectivity index (χ3n) is 4.12. The lowest BCUT2D eigenvalue weighted by Crippen LogP contribution is -2.28. The summed E-state index contributed by atoms with van der Waals surface area (Å²) < 4.78 is 10.8. The molecule has 2 aromatic carbocycles. The molecule has 2 amide bonds. The molecular formula is C20H24N2O3. The molecule has 132 valence electrons. The molecule has 5 nitrogen and oxygen atoms in total. The zero-order valence-corrected chi connectivity index (χ0v) is 14.5. The number of amides is 2. The summed E-state index contributed by atoms with van der Waals surface area (Å²) in [5.41, 5.74) is 2.84. The number of carbonyl (C=O) groups is 1. The zero-order chi connectivity index (χ0) is 17.5. The van der Waals surface area contributed by atoms with Gasteiger partial charge in [-0.05, 0) is 54.2 Å². The van der Waals surface area contributed by atoms with Gasteiger partial charge in [-0.3, -0.25) is 0 Å². The van der Waals surface area contributed by atoms with Crippen molar-refractivity contribution in [2.75, 3.05) is 19.0 Å². The number of hydrogen-bond acceptors (Lipinski definition) is 3. The summed E-state index contributed by atoms with van der Waals surface area (Å²) in [5.74, 6) is 1.55. The molecule has 0 aromatic heterocycles. The van der Waals surface area contributed by atoms with Gasteiger partial charge in [-0.2, -0.15) is 0 Å². The Bertz CT molecular complexity index is 696. The van der Waals surface area contributed by atoms with Crippen LogP contribution in [0.2, 0.25) is 0 Å². The fourth-order valence-electron chi connectivity index (χ4n) is 2.47. The molecule has 0 aliphatic heterocycles. The number of anilines is 1. The van der Waals surface area contributed by atoms with E-state index >= 15 is 0 Å². The number of carbonyl (C=O) groups excluding carboxylic acids is 1. The molecule has 2 aromatic rings. The molecule has 0 heterocycles. The Morgan fingerprint density at radius 2 is 1.92 bits per heavy atom. The van der Waals surface area contributed by atoms with Crippen molar-refractivity contribution in [1.29, 1.82) is 0 Å². The molecule has 0 bridgehead atoms. The van der Waals surface area contributed by atoms with Gasteiger partial charge >= 0.3 is 6.03 Å². The number of ether oxygens (including phenoxy) is 2. The first-order chi connectivity index (χ1) is 12.2. The zero-order valence-electron chi connectivity index (χ0n) is 14.5. The van der Waals surface area contributed by atoms with Crippen LogP contribution in [0.25, 0.3) is 0 Å². The Labute approximate surface area is 148 Å². The number of urea groups is 1. The lowest BCUT2D eigenvalue weighted by Gasteiger charge is -2.10. The fourth-order valence-corrected chi connectivity index (χ4v) is 2.47. The topological polar surface area (TPSA) is 59.6 Å². The van der Waals surface area contributed by atoms with E-state index in [9.17, 15) is 4.79 Å². The van der Waals surface area contributed by atoms with Crippen molar-refractivity contribution in [3.63, 3.8) is 0 Å². The molecule has 1 aliphatic rings.